The molecule has 0 saturated heterocycles. The minimum Gasteiger partial charge on any atom is -0.244 e. The van der Waals surface area contributed by atoms with Gasteiger partial charge >= 0.3 is 0 Å². The van der Waals surface area contributed by atoms with Crippen LogP contribution < -0.4 is 4.57 Å². The van der Waals surface area contributed by atoms with Crippen molar-refractivity contribution in [1.29, 1.82) is 0 Å². The number of H-pyrrole nitrogens is 1. The zero-order chi connectivity index (χ0) is 9.40. The summed E-state index contributed by atoms with van der Waals surface area (Å²) in [7, 11) is 1.97. The smallest absolute Gasteiger partial charge is 0.244 e. The van der Waals surface area contributed by atoms with Crippen molar-refractivity contribution in [2.75, 3.05) is 5.88 Å². The van der Waals surface area contributed by atoms with Gasteiger partial charge in [0.15, 0.2) is 0 Å². The van der Waals surface area contributed by atoms with Gasteiger partial charge in [0.05, 0.1) is 7.05 Å². The van der Waals surface area contributed by atoms with Gasteiger partial charge in [-0.3, -0.25) is 0 Å². The van der Waals surface area contributed by atoms with Gasteiger partial charge in [0.1, 0.15) is 12.4 Å². The number of imidazole rings is 1. The van der Waals surface area contributed by atoms with Crippen molar-refractivity contribution in [2.24, 2.45) is 7.05 Å². The molecule has 1 N–H and O–H groups in total. The third-order valence-corrected chi connectivity index (χ3v) is 1.67. The molecule has 0 bridgehead atoms. The Morgan fingerprint density at radius 1 is 1.75 bits per heavy atom. The Balaban J connectivity index is 0.000000261. The van der Waals surface area contributed by atoms with E-state index in [9.17, 15) is 0 Å². The molecule has 0 spiro atoms. The molecule has 1 heterocycles. The molecule has 12 heavy (non-hydrogen) atoms. The fourth-order valence-electron chi connectivity index (χ4n) is 0.619. The fourth-order valence-corrected chi connectivity index (χ4v) is 0.619. The van der Waals surface area contributed by atoms with E-state index < -0.39 is 0 Å². The predicted octanol–water partition coefficient (Wildman–Crippen LogP) is 2.12. The van der Waals surface area contributed by atoms with Gasteiger partial charge in [-0.05, 0) is 6.42 Å². The van der Waals surface area contributed by atoms with Crippen molar-refractivity contribution in [2.45, 2.75) is 13.3 Å². The van der Waals surface area contributed by atoms with E-state index in [1.54, 1.807) is 6.08 Å². The first-order valence-corrected chi connectivity index (χ1v) is 4.51. The predicted molar refractivity (Wildman–Crippen MR) is 53.1 cm³/mol. The fraction of sp³-hybridized carbons (Fsp3) is 0.444. The summed E-state index contributed by atoms with van der Waals surface area (Å²) >= 11 is 5.19. The molecule has 0 aromatic carbocycles. The lowest BCUT2D eigenvalue weighted by atomic mass is 10.6. The molecule has 1 aromatic heterocycles. The van der Waals surface area contributed by atoms with Gasteiger partial charge in [-0.2, -0.15) is 0 Å². The summed E-state index contributed by atoms with van der Waals surface area (Å²) in [6, 6.07) is 0. The van der Waals surface area contributed by atoms with Gasteiger partial charge in [0.25, 0.3) is 5.82 Å². The third kappa shape index (κ3) is 4.19. The van der Waals surface area contributed by atoms with Crippen LogP contribution in [0.1, 0.15) is 19.2 Å². The van der Waals surface area contributed by atoms with Crippen molar-refractivity contribution in [3.63, 3.8) is 0 Å². The lowest BCUT2D eigenvalue weighted by molar-refractivity contribution is -0.671. The normalized spacial score (nSPS) is 8.58. The van der Waals surface area contributed by atoms with E-state index in [4.69, 9.17) is 11.6 Å². The maximum atomic E-state index is 5.19. The highest BCUT2D eigenvalue weighted by Crippen LogP contribution is 1.83. The summed E-state index contributed by atoms with van der Waals surface area (Å²) in [6.07, 6.45) is 6.68. The summed E-state index contributed by atoms with van der Waals surface area (Å²) in [4.78, 5) is 3.00. The van der Waals surface area contributed by atoms with Crippen LogP contribution in [0.25, 0.3) is 6.08 Å². The Morgan fingerprint density at radius 2 is 2.33 bits per heavy atom. The highest BCUT2D eigenvalue weighted by molar-refractivity contribution is 6.17. The van der Waals surface area contributed by atoms with E-state index in [1.807, 2.05) is 30.9 Å². The van der Waals surface area contributed by atoms with Crippen LogP contribution in [-0.4, -0.2) is 10.9 Å². The molecule has 2 nitrogen and oxygen atoms in total. The number of aromatic amines is 1. The molecule has 1 rings (SSSR count). The first kappa shape index (κ1) is 11.2. The van der Waals surface area contributed by atoms with Gasteiger partial charge < -0.3 is 0 Å². The largest absolute Gasteiger partial charge is 0.278 e. The Bertz CT molecular complexity index is 216. The molecule has 1 aromatic rings. The molecule has 68 valence electrons. The standard InChI is InChI=1S/C6H8N2.C3H7Cl/c1-3-6-7-4-5-8(6)2;1-2-3-4/h3-5H,1H2,2H3;2-3H2,1H3/p+1. The van der Waals surface area contributed by atoms with Crippen molar-refractivity contribution >= 4 is 17.7 Å². The monoisotopic (exact) mass is 187 g/mol. The molecule has 0 unspecified atom stereocenters. The Labute approximate surface area is 78.9 Å². The SMILES string of the molecule is C=Cc1[nH]cc[n+]1C.CCCCl. The number of alkyl halides is 1. The Hall–Kier alpha value is -0.760. The first-order valence-electron chi connectivity index (χ1n) is 3.97. The molecule has 0 aliphatic heterocycles. The highest BCUT2D eigenvalue weighted by atomic mass is 35.5. The van der Waals surface area contributed by atoms with Gasteiger partial charge in [-0.1, -0.05) is 13.5 Å². The topological polar surface area (TPSA) is 19.7 Å². The van der Waals surface area contributed by atoms with E-state index in [0.717, 1.165) is 18.1 Å². The summed E-state index contributed by atoms with van der Waals surface area (Å²) in [5.74, 6) is 1.82. The summed E-state index contributed by atoms with van der Waals surface area (Å²) in [5, 5.41) is 0. The molecule has 0 aliphatic rings. The Kier molecular flexibility index (Phi) is 6.48. The van der Waals surface area contributed by atoms with E-state index >= 15 is 0 Å². The van der Waals surface area contributed by atoms with Crippen LogP contribution in [0, 0.1) is 0 Å². The minimum absolute atomic E-state index is 0.792. The van der Waals surface area contributed by atoms with Crippen LogP contribution >= 0.6 is 11.6 Å². The lowest BCUT2D eigenvalue weighted by Gasteiger charge is -1.79. The number of nitrogens with zero attached hydrogens (tertiary/aromatic N) is 1. The van der Waals surface area contributed by atoms with Crippen LogP contribution in [0.15, 0.2) is 19.0 Å². The quantitative estimate of drug-likeness (QED) is 0.541. The molecular weight excluding hydrogens is 172 g/mol. The molecule has 0 amide bonds. The number of nitrogens with one attached hydrogen (secondary N) is 1. The zero-order valence-corrected chi connectivity index (χ0v) is 8.43. The van der Waals surface area contributed by atoms with Gasteiger partial charge in [-0.25, -0.2) is 9.55 Å². The van der Waals surface area contributed by atoms with E-state index in [-0.39, 0.29) is 0 Å². The van der Waals surface area contributed by atoms with E-state index in [2.05, 4.69) is 11.6 Å². The molecule has 0 fully saturated rings. The third-order valence-electron chi connectivity index (χ3n) is 1.29. The summed E-state index contributed by atoms with van der Waals surface area (Å²) in [6.45, 7) is 5.66. The second-order valence-corrected chi connectivity index (χ2v) is 2.73. The van der Waals surface area contributed by atoms with E-state index in [0.29, 0.717) is 0 Å². The highest BCUT2D eigenvalue weighted by Gasteiger charge is 1.96. The lowest BCUT2D eigenvalue weighted by Crippen LogP contribution is -2.27. The van der Waals surface area contributed by atoms with Crippen LogP contribution in [0.2, 0.25) is 0 Å². The molecule has 0 atom stereocenters. The minimum atomic E-state index is 0.792. The number of halogens is 1. The number of hydrogen-bond acceptors (Lipinski definition) is 0. The van der Waals surface area contributed by atoms with Gasteiger partial charge in [0, 0.05) is 12.0 Å². The van der Waals surface area contributed by atoms with Crippen molar-refractivity contribution < 1.29 is 4.57 Å². The van der Waals surface area contributed by atoms with Crippen LogP contribution in [-0.2, 0) is 7.05 Å². The number of rotatable bonds is 2. The van der Waals surface area contributed by atoms with E-state index in [1.165, 1.54) is 0 Å². The zero-order valence-electron chi connectivity index (χ0n) is 7.68. The molecular formula is C9H16ClN2+. The number of hydrogen-bond donors (Lipinski definition) is 1. The summed E-state index contributed by atoms with van der Waals surface area (Å²) in [5.41, 5.74) is 0. The van der Waals surface area contributed by atoms with Crippen LogP contribution in [0.5, 0.6) is 0 Å². The van der Waals surface area contributed by atoms with Crippen molar-refractivity contribution in [3.8, 4) is 0 Å². The van der Waals surface area contributed by atoms with Gasteiger partial charge in [0.2, 0.25) is 0 Å². The number of aryl methyl sites for hydroxylation is 1. The van der Waals surface area contributed by atoms with Crippen molar-refractivity contribution in [1.82, 2.24) is 4.98 Å². The van der Waals surface area contributed by atoms with Gasteiger partial charge in [-0.15, -0.1) is 11.6 Å². The molecule has 3 heteroatoms. The molecule has 0 aliphatic carbocycles. The maximum absolute atomic E-state index is 5.19. The average Bonchev–Trinajstić information content (AvgIpc) is 2.51. The first-order chi connectivity index (χ1) is 5.76. The Morgan fingerprint density at radius 3 is 2.50 bits per heavy atom. The van der Waals surface area contributed by atoms with Crippen LogP contribution in [0.3, 0.4) is 0 Å². The summed E-state index contributed by atoms with van der Waals surface area (Å²) < 4.78 is 1.97. The number of aromatic nitrogens is 2. The average molecular weight is 188 g/mol. The molecule has 0 radical (unpaired) electrons. The molecule has 0 saturated carbocycles. The second kappa shape index (κ2) is 6.92. The van der Waals surface area contributed by atoms with Crippen LogP contribution in [0.4, 0.5) is 0 Å². The van der Waals surface area contributed by atoms with Crippen molar-refractivity contribution in [3.05, 3.63) is 24.8 Å². The second-order valence-electron chi connectivity index (χ2n) is 2.35. The maximum Gasteiger partial charge on any atom is 0.278 e.